The van der Waals surface area contributed by atoms with Crippen LogP contribution in [0.2, 0.25) is 0 Å². The summed E-state index contributed by atoms with van der Waals surface area (Å²) in [6.45, 7) is 5.85. The van der Waals surface area contributed by atoms with Crippen LogP contribution in [0.5, 0.6) is 0 Å². The SMILES string of the molecule is Cc1ccc(N2C(=O)OC3CNCCC32)cc1C. The quantitative estimate of drug-likeness (QED) is 0.824. The van der Waals surface area contributed by atoms with E-state index in [4.69, 9.17) is 4.74 Å². The number of nitrogens with zero attached hydrogens (tertiary/aromatic N) is 1. The first kappa shape index (κ1) is 11.5. The predicted octanol–water partition coefficient (Wildman–Crippen LogP) is 1.99. The summed E-state index contributed by atoms with van der Waals surface area (Å²) in [6, 6.07) is 6.32. The van der Waals surface area contributed by atoms with E-state index in [0.29, 0.717) is 0 Å². The van der Waals surface area contributed by atoms with Gasteiger partial charge in [-0.05, 0) is 50.1 Å². The first-order valence-electron chi connectivity index (χ1n) is 6.44. The standard InChI is InChI=1S/C14H18N2O2/c1-9-3-4-11(7-10(9)2)16-12-5-6-15-8-13(12)18-14(16)17/h3-4,7,12-13,15H,5-6,8H2,1-2H3. The zero-order valence-electron chi connectivity index (χ0n) is 10.8. The van der Waals surface area contributed by atoms with E-state index in [1.807, 2.05) is 11.0 Å². The van der Waals surface area contributed by atoms with Crippen LogP contribution in [-0.2, 0) is 4.74 Å². The third-order valence-electron chi connectivity index (χ3n) is 3.94. The van der Waals surface area contributed by atoms with Gasteiger partial charge in [0.25, 0.3) is 0 Å². The first-order chi connectivity index (χ1) is 8.66. The Morgan fingerprint density at radius 2 is 2.17 bits per heavy atom. The molecule has 2 heterocycles. The monoisotopic (exact) mass is 246 g/mol. The lowest BCUT2D eigenvalue weighted by Crippen LogP contribution is -2.47. The molecule has 2 fully saturated rings. The molecule has 2 aliphatic heterocycles. The minimum absolute atomic E-state index is 0.00661. The van der Waals surface area contributed by atoms with Crippen LogP contribution in [0.3, 0.4) is 0 Å². The smallest absolute Gasteiger partial charge is 0.415 e. The molecular weight excluding hydrogens is 228 g/mol. The Morgan fingerprint density at radius 1 is 1.33 bits per heavy atom. The average molecular weight is 246 g/mol. The van der Waals surface area contributed by atoms with E-state index in [9.17, 15) is 4.79 Å². The number of nitrogens with one attached hydrogen (secondary N) is 1. The van der Waals surface area contributed by atoms with Crippen molar-refractivity contribution in [2.75, 3.05) is 18.0 Å². The molecule has 2 saturated heterocycles. The van der Waals surface area contributed by atoms with Crippen molar-refractivity contribution in [2.24, 2.45) is 0 Å². The van der Waals surface area contributed by atoms with Crippen molar-refractivity contribution in [3.8, 4) is 0 Å². The van der Waals surface area contributed by atoms with E-state index in [1.54, 1.807) is 0 Å². The molecule has 18 heavy (non-hydrogen) atoms. The first-order valence-corrected chi connectivity index (χ1v) is 6.44. The predicted molar refractivity (Wildman–Crippen MR) is 69.9 cm³/mol. The topological polar surface area (TPSA) is 41.6 Å². The van der Waals surface area contributed by atoms with Crippen LogP contribution < -0.4 is 10.2 Å². The fraction of sp³-hybridized carbons (Fsp3) is 0.500. The Morgan fingerprint density at radius 3 is 2.94 bits per heavy atom. The van der Waals surface area contributed by atoms with Crippen molar-refractivity contribution < 1.29 is 9.53 Å². The lowest BCUT2D eigenvalue weighted by Gasteiger charge is -2.28. The van der Waals surface area contributed by atoms with Crippen LogP contribution in [0.4, 0.5) is 10.5 Å². The number of fused-ring (bicyclic) bond motifs is 1. The summed E-state index contributed by atoms with van der Waals surface area (Å²) in [5.41, 5.74) is 3.41. The second kappa shape index (κ2) is 4.28. The summed E-state index contributed by atoms with van der Waals surface area (Å²) in [6.07, 6.45) is 0.730. The fourth-order valence-electron chi connectivity index (χ4n) is 2.73. The summed E-state index contributed by atoms with van der Waals surface area (Å²) < 4.78 is 5.43. The van der Waals surface area contributed by atoms with E-state index >= 15 is 0 Å². The number of amides is 1. The van der Waals surface area contributed by atoms with Crippen molar-refractivity contribution in [3.05, 3.63) is 29.3 Å². The van der Waals surface area contributed by atoms with Gasteiger partial charge in [0.05, 0.1) is 6.04 Å². The lowest BCUT2D eigenvalue weighted by molar-refractivity contribution is 0.121. The van der Waals surface area contributed by atoms with Crippen LogP contribution in [0, 0.1) is 13.8 Å². The second-order valence-electron chi connectivity index (χ2n) is 5.12. The number of carbonyl (C=O) groups is 1. The highest BCUT2D eigenvalue weighted by molar-refractivity contribution is 5.91. The number of aryl methyl sites for hydroxylation is 2. The molecule has 4 heteroatoms. The Labute approximate surface area is 107 Å². The molecule has 0 aliphatic carbocycles. The largest absolute Gasteiger partial charge is 0.442 e. The van der Waals surface area contributed by atoms with Gasteiger partial charge in [0.2, 0.25) is 0 Å². The molecule has 2 atom stereocenters. The molecule has 3 rings (SSSR count). The van der Waals surface area contributed by atoms with E-state index in [0.717, 1.165) is 25.2 Å². The van der Waals surface area contributed by atoms with Gasteiger partial charge in [-0.2, -0.15) is 0 Å². The maximum atomic E-state index is 12.0. The average Bonchev–Trinajstić information content (AvgIpc) is 2.69. The number of hydrogen-bond donors (Lipinski definition) is 1. The molecular formula is C14H18N2O2. The summed E-state index contributed by atoms with van der Waals surface area (Å²) in [4.78, 5) is 13.8. The van der Waals surface area contributed by atoms with Gasteiger partial charge in [-0.25, -0.2) is 4.79 Å². The van der Waals surface area contributed by atoms with Gasteiger partial charge in [0.15, 0.2) is 0 Å². The molecule has 4 nitrogen and oxygen atoms in total. The molecule has 96 valence electrons. The zero-order chi connectivity index (χ0) is 12.7. The van der Waals surface area contributed by atoms with Crippen molar-refractivity contribution >= 4 is 11.8 Å². The minimum atomic E-state index is -0.211. The maximum Gasteiger partial charge on any atom is 0.415 e. The van der Waals surface area contributed by atoms with Crippen LogP contribution in [0.15, 0.2) is 18.2 Å². The van der Waals surface area contributed by atoms with E-state index in [-0.39, 0.29) is 18.2 Å². The van der Waals surface area contributed by atoms with Gasteiger partial charge in [-0.3, -0.25) is 4.90 Å². The van der Waals surface area contributed by atoms with E-state index in [1.165, 1.54) is 11.1 Å². The molecule has 0 bridgehead atoms. The number of piperidine rings is 1. The van der Waals surface area contributed by atoms with Crippen LogP contribution in [0.1, 0.15) is 17.5 Å². The minimum Gasteiger partial charge on any atom is -0.442 e. The molecule has 1 amide bonds. The number of benzene rings is 1. The number of anilines is 1. The van der Waals surface area contributed by atoms with Crippen LogP contribution >= 0.6 is 0 Å². The Hall–Kier alpha value is -1.55. The zero-order valence-corrected chi connectivity index (χ0v) is 10.8. The third kappa shape index (κ3) is 1.77. The molecule has 0 spiro atoms. The molecule has 2 unspecified atom stereocenters. The molecule has 1 N–H and O–H groups in total. The van der Waals surface area contributed by atoms with Gasteiger partial charge < -0.3 is 10.1 Å². The van der Waals surface area contributed by atoms with Crippen molar-refractivity contribution in [3.63, 3.8) is 0 Å². The summed E-state index contributed by atoms with van der Waals surface area (Å²) >= 11 is 0. The molecule has 2 aliphatic rings. The van der Waals surface area contributed by atoms with E-state index in [2.05, 4.69) is 31.3 Å². The van der Waals surface area contributed by atoms with Gasteiger partial charge in [-0.1, -0.05) is 6.07 Å². The molecule has 1 aromatic rings. The molecule has 0 saturated carbocycles. The highest BCUT2D eigenvalue weighted by Crippen LogP contribution is 2.31. The molecule has 0 aromatic heterocycles. The Bertz CT molecular complexity index is 487. The maximum absolute atomic E-state index is 12.0. The summed E-state index contributed by atoms with van der Waals surface area (Å²) in [7, 11) is 0. The van der Waals surface area contributed by atoms with Crippen LogP contribution in [-0.4, -0.2) is 31.3 Å². The number of rotatable bonds is 1. The van der Waals surface area contributed by atoms with Gasteiger partial charge >= 0.3 is 6.09 Å². The van der Waals surface area contributed by atoms with Gasteiger partial charge in [-0.15, -0.1) is 0 Å². The van der Waals surface area contributed by atoms with Crippen LogP contribution in [0.25, 0.3) is 0 Å². The Kier molecular flexibility index (Phi) is 2.74. The Balaban J connectivity index is 1.94. The number of hydrogen-bond acceptors (Lipinski definition) is 3. The van der Waals surface area contributed by atoms with Crippen molar-refractivity contribution in [1.82, 2.24) is 5.32 Å². The summed E-state index contributed by atoms with van der Waals surface area (Å²) in [5, 5.41) is 3.27. The highest BCUT2D eigenvalue weighted by Gasteiger charge is 2.43. The highest BCUT2D eigenvalue weighted by atomic mass is 16.6. The summed E-state index contributed by atoms with van der Waals surface area (Å²) in [5.74, 6) is 0. The fourth-order valence-corrected chi connectivity index (χ4v) is 2.73. The molecule has 1 aromatic carbocycles. The lowest BCUT2D eigenvalue weighted by atomic mass is 10.0. The van der Waals surface area contributed by atoms with Gasteiger partial charge in [0.1, 0.15) is 6.10 Å². The molecule has 0 radical (unpaired) electrons. The third-order valence-corrected chi connectivity index (χ3v) is 3.94. The van der Waals surface area contributed by atoms with Gasteiger partial charge in [0, 0.05) is 12.2 Å². The van der Waals surface area contributed by atoms with Crippen molar-refractivity contribution in [1.29, 1.82) is 0 Å². The van der Waals surface area contributed by atoms with Crippen molar-refractivity contribution in [2.45, 2.75) is 32.4 Å². The number of carbonyl (C=O) groups excluding carboxylic acids is 1. The van der Waals surface area contributed by atoms with E-state index < -0.39 is 0 Å². The second-order valence-corrected chi connectivity index (χ2v) is 5.12. The number of ether oxygens (including phenoxy) is 1. The normalized spacial score (nSPS) is 27.0.